The molecule has 3 rings (SSSR count). The smallest absolute Gasteiger partial charge is 0.323 e. The average Bonchev–Trinajstić information content (AvgIpc) is 2.67. The summed E-state index contributed by atoms with van der Waals surface area (Å²) in [5.74, 6) is -0.794. The first-order chi connectivity index (χ1) is 13.6. The van der Waals surface area contributed by atoms with E-state index in [-0.39, 0.29) is 30.4 Å². The molecule has 0 bridgehead atoms. The molecular formula is C17H21F3N4O4S. The van der Waals surface area contributed by atoms with Gasteiger partial charge in [0.25, 0.3) is 0 Å². The largest absolute Gasteiger partial charge is 0.417 e. The summed E-state index contributed by atoms with van der Waals surface area (Å²) in [6.45, 7) is 0.500. The Balaban J connectivity index is 1.67. The molecule has 0 saturated carbocycles. The Labute approximate surface area is 166 Å². The number of piperidine rings is 1. The highest BCUT2D eigenvalue weighted by atomic mass is 32.2. The minimum absolute atomic E-state index is 0.0370. The molecule has 1 N–H and O–H groups in total. The summed E-state index contributed by atoms with van der Waals surface area (Å²) < 4.78 is 61.0. The summed E-state index contributed by atoms with van der Waals surface area (Å²) in [6, 6.07) is 0.685. The zero-order chi connectivity index (χ0) is 21.2. The van der Waals surface area contributed by atoms with Gasteiger partial charge in [0.1, 0.15) is 11.9 Å². The number of urea groups is 1. The highest BCUT2D eigenvalue weighted by molar-refractivity contribution is 7.91. The van der Waals surface area contributed by atoms with Crippen molar-refractivity contribution in [3.8, 4) is 0 Å². The van der Waals surface area contributed by atoms with Crippen LogP contribution in [0.4, 0.5) is 23.8 Å². The molecule has 1 unspecified atom stereocenters. The van der Waals surface area contributed by atoms with Crippen LogP contribution >= 0.6 is 0 Å². The van der Waals surface area contributed by atoms with Crippen LogP contribution in [0.1, 0.15) is 24.8 Å². The summed E-state index contributed by atoms with van der Waals surface area (Å²) in [5, 5.41) is 2.47. The van der Waals surface area contributed by atoms with Gasteiger partial charge >= 0.3 is 12.2 Å². The third-order valence-electron chi connectivity index (χ3n) is 5.01. The van der Waals surface area contributed by atoms with E-state index in [9.17, 15) is 31.2 Å². The maximum atomic E-state index is 12.8. The number of nitrogens with zero attached hydrogens (tertiary/aromatic N) is 3. The SMILES string of the molecule is O=C(Nc1ccc(C(F)(F)F)cn1)C1CCCCN1C(=O)N1CCS(=O)(=O)CC1. The summed E-state index contributed by atoms with van der Waals surface area (Å²) in [4.78, 5) is 31.9. The van der Waals surface area contributed by atoms with Crippen molar-refractivity contribution in [3.05, 3.63) is 23.9 Å². The lowest BCUT2D eigenvalue weighted by Gasteiger charge is -2.39. The van der Waals surface area contributed by atoms with Crippen molar-refractivity contribution in [1.82, 2.24) is 14.8 Å². The van der Waals surface area contributed by atoms with Gasteiger partial charge in [-0.3, -0.25) is 4.79 Å². The molecule has 0 spiro atoms. The van der Waals surface area contributed by atoms with Gasteiger partial charge in [0, 0.05) is 25.8 Å². The molecule has 1 atom stereocenters. The van der Waals surface area contributed by atoms with Gasteiger partial charge in [-0.25, -0.2) is 18.2 Å². The first kappa shape index (κ1) is 21.3. The Kier molecular flexibility index (Phi) is 6.01. The third kappa shape index (κ3) is 5.17. The van der Waals surface area contributed by atoms with Crippen molar-refractivity contribution in [2.24, 2.45) is 0 Å². The molecule has 0 radical (unpaired) electrons. The molecule has 1 aromatic heterocycles. The number of nitrogens with one attached hydrogen (secondary N) is 1. The number of aromatic nitrogens is 1. The molecule has 2 saturated heterocycles. The fraction of sp³-hybridized carbons (Fsp3) is 0.588. The average molecular weight is 434 g/mol. The zero-order valence-corrected chi connectivity index (χ0v) is 16.3. The number of anilines is 1. The molecule has 3 amide bonds. The van der Waals surface area contributed by atoms with Gasteiger partial charge in [-0.2, -0.15) is 13.2 Å². The number of halogens is 3. The van der Waals surface area contributed by atoms with Crippen molar-refractivity contribution in [3.63, 3.8) is 0 Å². The number of likely N-dealkylation sites (tertiary alicyclic amines) is 1. The predicted molar refractivity (Wildman–Crippen MR) is 97.8 cm³/mol. The number of hydrogen-bond donors (Lipinski definition) is 1. The quantitative estimate of drug-likeness (QED) is 0.765. The number of hydrogen-bond acceptors (Lipinski definition) is 5. The lowest BCUT2D eigenvalue weighted by molar-refractivity contribution is -0.137. The monoisotopic (exact) mass is 434 g/mol. The van der Waals surface area contributed by atoms with E-state index >= 15 is 0 Å². The number of carbonyl (C=O) groups is 2. The highest BCUT2D eigenvalue weighted by Crippen LogP contribution is 2.29. The first-order valence-electron chi connectivity index (χ1n) is 9.17. The Morgan fingerprint density at radius 2 is 1.79 bits per heavy atom. The number of alkyl halides is 3. The fourth-order valence-electron chi connectivity index (χ4n) is 3.36. The second kappa shape index (κ2) is 8.17. The van der Waals surface area contributed by atoms with E-state index in [4.69, 9.17) is 0 Å². The molecule has 8 nitrogen and oxygen atoms in total. The summed E-state index contributed by atoms with van der Waals surface area (Å²) in [7, 11) is -3.14. The van der Waals surface area contributed by atoms with E-state index in [2.05, 4.69) is 10.3 Å². The molecule has 3 heterocycles. The van der Waals surface area contributed by atoms with Crippen molar-refractivity contribution in [2.75, 3.05) is 36.5 Å². The Hall–Kier alpha value is -2.37. The van der Waals surface area contributed by atoms with Crippen LogP contribution in [0.5, 0.6) is 0 Å². The number of carbonyl (C=O) groups excluding carboxylic acids is 2. The van der Waals surface area contributed by atoms with Crippen LogP contribution in [0, 0.1) is 0 Å². The van der Waals surface area contributed by atoms with E-state index in [1.54, 1.807) is 0 Å². The van der Waals surface area contributed by atoms with Gasteiger partial charge < -0.3 is 15.1 Å². The molecule has 1 aromatic rings. The second-order valence-corrected chi connectivity index (χ2v) is 9.35. The van der Waals surface area contributed by atoms with Gasteiger partial charge in [-0.05, 0) is 31.4 Å². The van der Waals surface area contributed by atoms with Gasteiger partial charge in [-0.15, -0.1) is 0 Å². The van der Waals surface area contributed by atoms with Gasteiger partial charge in [0.2, 0.25) is 5.91 Å². The van der Waals surface area contributed by atoms with Crippen LogP contribution in [0.2, 0.25) is 0 Å². The number of pyridine rings is 1. The Morgan fingerprint density at radius 1 is 1.10 bits per heavy atom. The van der Waals surface area contributed by atoms with E-state index in [1.807, 2.05) is 0 Å². The number of sulfone groups is 1. The molecule has 12 heteroatoms. The Morgan fingerprint density at radius 3 is 2.38 bits per heavy atom. The molecule has 2 aliphatic heterocycles. The molecule has 0 aliphatic carbocycles. The van der Waals surface area contributed by atoms with E-state index in [0.29, 0.717) is 25.6 Å². The molecule has 0 aromatic carbocycles. The third-order valence-corrected chi connectivity index (χ3v) is 6.62. The minimum atomic E-state index is -4.52. The lowest BCUT2D eigenvalue weighted by atomic mass is 10.0. The highest BCUT2D eigenvalue weighted by Gasteiger charge is 2.36. The molecule has 160 valence electrons. The second-order valence-electron chi connectivity index (χ2n) is 7.05. The van der Waals surface area contributed by atoms with E-state index < -0.39 is 39.6 Å². The summed E-state index contributed by atoms with van der Waals surface area (Å²) in [5.41, 5.74) is -0.926. The predicted octanol–water partition coefficient (Wildman–Crippen LogP) is 1.74. The van der Waals surface area contributed by atoms with Crippen molar-refractivity contribution in [1.29, 1.82) is 0 Å². The van der Waals surface area contributed by atoms with Gasteiger partial charge in [0.05, 0.1) is 17.1 Å². The Bertz CT molecular complexity index is 860. The molecular weight excluding hydrogens is 413 g/mol. The minimum Gasteiger partial charge on any atom is -0.323 e. The van der Waals surface area contributed by atoms with E-state index in [1.165, 1.54) is 9.80 Å². The topological polar surface area (TPSA) is 99.7 Å². The van der Waals surface area contributed by atoms with Gasteiger partial charge in [-0.1, -0.05) is 0 Å². The fourth-order valence-corrected chi connectivity index (χ4v) is 4.56. The standard InChI is InChI=1S/C17H21F3N4O4S/c18-17(19,20)12-4-5-14(21-11-12)22-15(25)13-3-1-2-6-24(13)16(26)23-7-9-29(27,28)10-8-23/h4-5,11,13H,1-3,6-10H2,(H,21,22,25). The normalized spacial score (nSPS) is 22.2. The molecule has 29 heavy (non-hydrogen) atoms. The van der Waals surface area contributed by atoms with Crippen LogP contribution in [-0.4, -0.2) is 72.3 Å². The molecule has 2 fully saturated rings. The van der Waals surface area contributed by atoms with Crippen LogP contribution in [0.25, 0.3) is 0 Å². The van der Waals surface area contributed by atoms with Crippen molar-refractivity contribution >= 4 is 27.6 Å². The van der Waals surface area contributed by atoms with Crippen LogP contribution in [0.15, 0.2) is 18.3 Å². The number of amides is 3. The first-order valence-corrected chi connectivity index (χ1v) is 11.0. The zero-order valence-electron chi connectivity index (χ0n) is 15.5. The van der Waals surface area contributed by atoms with Crippen LogP contribution in [-0.2, 0) is 20.8 Å². The van der Waals surface area contributed by atoms with Crippen molar-refractivity contribution in [2.45, 2.75) is 31.5 Å². The summed E-state index contributed by atoms with van der Waals surface area (Å²) in [6.07, 6.45) is -2.06. The lowest BCUT2D eigenvalue weighted by Crippen LogP contribution is -2.56. The van der Waals surface area contributed by atoms with Crippen LogP contribution < -0.4 is 5.32 Å². The number of rotatable bonds is 2. The van der Waals surface area contributed by atoms with Gasteiger partial charge in [0.15, 0.2) is 9.84 Å². The maximum absolute atomic E-state index is 12.8. The van der Waals surface area contributed by atoms with Crippen molar-refractivity contribution < 1.29 is 31.2 Å². The molecule has 2 aliphatic rings. The summed E-state index contributed by atoms with van der Waals surface area (Å²) >= 11 is 0. The maximum Gasteiger partial charge on any atom is 0.417 e. The van der Waals surface area contributed by atoms with E-state index in [0.717, 1.165) is 18.6 Å². The van der Waals surface area contributed by atoms with Crippen LogP contribution in [0.3, 0.4) is 0 Å².